The number of hydrogen-bond acceptors (Lipinski definition) is 2. The number of halogens is 8. The number of rotatable bonds is 4. The van der Waals surface area contributed by atoms with Crippen LogP contribution in [0, 0.1) is 0 Å². The Labute approximate surface area is 630 Å². The van der Waals surface area contributed by atoms with Crippen LogP contribution in [0.5, 0.6) is 0 Å². The van der Waals surface area contributed by atoms with E-state index in [4.69, 9.17) is 9.97 Å². The minimum absolute atomic E-state index is 0. The van der Waals surface area contributed by atoms with Gasteiger partial charge in [0.1, 0.15) is 0 Å². The zero-order valence-electron chi connectivity index (χ0n) is 50.1. The quantitative estimate of drug-likeness (QED) is 0.136. The number of nitrogens with zero attached hydrogens (tertiary/aromatic N) is 2. The van der Waals surface area contributed by atoms with Crippen molar-refractivity contribution >= 4 is 297 Å². The molecule has 0 amide bonds. The predicted molar refractivity (Wildman–Crippen MR) is 438 cm³/mol. The zero-order chi connectivity index (χ0) is 64.0. The van der Waals surface area contributed by atoms with Gasteiger partial charge >= 0.3 is 17.1 Å². The van der Waals surface area contributed by atoms with Gasteiger partial charge in [-0.3, -0.25) is 0 Å². The van der Waals surface area contributed by atoms with Crippen molar-refractivity contribution in [2.45, 2.75) is 0 Å². The Kier molecular flexibility index (Phi) is 13.4. The Balaban J connectivity index is 0.00000641. The molecule has 97 heavy (non-hydrogen) atoms. The topological polar surface area (TPSA) is 57.4 Å². The number of nitrogens with one attached hydrogen (secondary N) is 2. The Morgan fingerprint density at radius 1 is 0.206 bits per heavy atom. The molecule has 0 atom stereocenters. The fourth-order valence-electron chi connectivity index (χ4n) is 16.4. The van der Waals surface area contributed by atoms with Gasteiger partial charge in [-0.15, -0.1) is 0 Å². The second kappa shape index (κ2) is 21.8. The van der Waals surface area contributed by atoms with Crippen molar-refractivity contribution in [1.82, 2.24) is 19.9 Å². The number of benzene rings is 16. The van der Waals surface area contributed by atoms with Crippen LogP contribution in [0.25, 0.3) is 214 Å². The molecule has 455 valence electrons. The molecular weight excluding hydrogens is 1760 g/mol. The van der Waals surface area contributed by atoms with Gasteiger partial charge in [0.15, 0.2) is 0 Å². The average Bonchev–Trinajstić information content (AvgIpc) is 1.61. The van der Waals surface area contributed by atoms with E-state index in [1.165, 1.54) is 86.2 Å². The maximum absolute atomic E-state index is 6.13. The summed E-state index contributed by atoms with van der Waals surface area (Å²) in [5.41, 5.74) is 13.8. The van der Waals surface area contributed by atoms with Gasteiger partial charge in [0.2, 0.25) is 0 Å². The van der Waals surface area contributed by atoms with Gasteiger partial charge in [-0.1, -0.05) is 218 Å². The molecule has 16 aromatic carbocycles. The molecule has 8 bridgehead atoms. The molecule has 2 aliphatic rings. The van der Waals surface area contributed by atoms with Gasteiger partial charge in [0.05, 0.1) is 80.7 Å². The van der Waals surface area contributed by atoms with Crippen LogP contribution < -0.4 is 0 Å². The summed E-state index contributed by atoms with van der Waals surface area (Å²) in [4.78, 5) is 20.7. The molecule has 2 N–H and O–H groups in total. The molecule has 2 aliphatic heterocycles. The van der Waals surface area contributed by atoms with Crippen molar-refractivity contribution in [3.8, 4) is 44.5 Å². The number of aromatic amines is 2. The van der Waals surface area contributed by atoms with E-state index in [9.17, 15) is 0 Å². The second-order valence-electron chi connectivity index (χ2n) is 25.3. The average molecular weight is 1800 g/mol. The SMILES string of the molecule is BrC1=C(Br)c2nc1c(-c1ccc3ccc4cccc5ccc1c3c45)c1[nH]c(c(Br)c1Br)c(-c1ccc3ccc4cccc5ccc1c3c45)c1nc(c(-c3ccc4ccc5cccc6ccc3c4c56)c3[nH]c(c(Br)c3Br)c2-c2ccc3ccc4cccc5ccc2c3c45)C(Br)=C1Br.[Mn+2]. The monoisotopic (exact) mass is 1790 g/mol. The molecule has 0 fully saturated rings. The third-order valence-corrected chi connectivity index (χ3v) is 29.0. The van der Waals surface area contributed by atoms with Crippen molar-refractivity contribution < 1.29 is 17.1 Å². The first-order chi connectivity index (χ1) is 46.9. The maximum Gasteiger partial charge on any atom is 2.00 e. The molecule has 0 spiro atoms. The van der Waals surface area contributed by atoms with Crippen LogP contribution >= 0.6 is 127 Å². The minimum atomic E-state index is 0. The minimum Gasteiger partial charge on any atom is -0.352 e. The van der Waals surface area contributed by atoms with Crippen molar-refractivity contribution in [1.29, 1.82) is 0 Å². The Morgan fingerprint density at radius 2 is 0.381 bits per heavy atom. The van der Waals surface area contributed by atoms with Crippen molar-refractivity contribution in [2.24, 2.45) is 0 Å². The summed E-state index contributed by atoms with van der Waals surface area (Å²) < 4.78 is 6.48. The summed E-state index contributed by atoms with van der Waals surface area (Å²) in [5.74, 6) is 0. The van der Waals surface area contributed by atoms with Gasteiger partial charge < -0.3 is 9.97 Å². The van der Waals surface area contributed by atoms with E-state index >= 15 is 0 Å². The van der Waals surface area contributed by atoms with Gasteiger partial charge in [0, 0.05) is 22.3 Å². The Bertz CT molecular complexity index is 6170. The van der Waals surface area contributed by atoms with Crippen LogP contribution in [-0.2, 0) is 17.1 Å². The van der Waals surface area contributed by atoms with Crippen LogP contribution in [0.15, 0.2) is 236 Å². The first kappa shape index (κ1) is 59.7. The zero-order valence-corrected chi connectivity index (χ0v) is 63.9. The summed E-state index contributed by atoms with van der Waals surface area (Å²) in [7, 11) is 0. The van der Waals surface area contributed by atoms with Crippen molar-refractivity contribution in [2.75, 3.05) is 0 Å². The smallest absolute Gasteiger partial charge is 0.352 e. The van der Waals surface area contributed by atoms with Gasteiger partial charge in [-0.2, -0.15) is 0 Å². The van der Waals surface area contributed by atoms with Gasteiger partial charge in [-0.25, -0.2) is 9.97 Å². The first-order valence-electron chi connectivity index (χ1n) is 31.3. The molecule has 0 aliphatic carbocycles. The van der Waals surface area contributed by atoms with Crippen LogP contribution in [0.3, 0.4) is 0 Å². The summed E-state index contributed by atoms with van der Waals surface area (Å²) in [6.45, 7) is 0. The number of fused-ring (bicyclic) bond motifs is 8. The first-order valence-corrected chi connectivity index (χ1v) is 37.7. The van der Waals surface area contributed by atoms with E-state index in [-0.39, 0.29) is 17.1 Å². The van der Waals surface area contributed by atoms with E-state index in [1.54, 1.807) is 0 Å². The predicted octanol–water partition coefficient (Wildman–Crippen LogP) is 28.9. The molecule has 4 nitrogen and oxygen atoms in total. The maximum atomic E-state index is 6.13. The van der Waals surface area contributed by atoms with E-state index in [1.807, 2.05) is 0 Å². The third-order valence-electron chi connectivity index (χ3n) is 20.6. The Morgan fingerprint density at radius 3 is 0.588 bits per heavy atom. The van der Waals surface area contributed by atoms with E-state index < -0.39 is 0 Å². The Hall–Kier alpha value is -7.36. The van der Waals surface area contributed by atoms with Crippen LogP contribution in [0.1, 0.15) is 22.8 Å². The number of H-pyrrole nitrogens is 2. The molecule has 1 radical (unpaired) electrons. The normalized spacial score (nSPS) is 13.2. The summed E-state index contributed by atoms with van der Waals surface area (Å²) >= 11 is 34.9. The van der Waals surface area contributed by atoms with Crippen LogP contribution in [0.4, 0.5) is 0 Å². The molecule has 0 unspecified atom stereocenters. The van der Waals surface area contributed by atoms with E-state index in [2.05, 4.69) is 356 Å². The molecular formula is C84H38Br8MnN4+2. The van der Waals surface area contributed by atoms with Crippen molar-refractivity contribution in [3.05, 3.63) is 259 Å². The molecule has 3 aromatic heterocycles. The molecule has 5 heterocycles. The van der Waals surface area contributed by atoms with E-state index in [0.29, 0.717) is 0 Å². The number of aromatic nitrogens is 4. The van der Waals surface area contributed by atoms with Crippen LogP contribution in [0.2, 0.25) is 0 Å². The summed E-state index contributed by atoms with van der Waals surface area (Å²) in [5, 5.41) is 28.3. The standard InChI is InChI=1S/C84H38Br8N4.Mn/c85-69-71(87)79-66(54-34-26-46-18-14-38-6-2-10-42-22-30-50(54)62(46)58(38)42)81-73(89)75(91)83(95-81)68(56-36-28-48-20-16-40-8-4-12-44-24-32-52(56)64(48)60(40)44)84-76(92)74(90)82(96-84)67(55-35-27-47-19-15-39-7-3-11-43-23-31-51(55)63(47)59(39)43)80-72(88)70(86)78(94-80)65(77(69)93-79)53-33-25-45-17-13-37-5-1-9-41-21-29-49(53)61(45)57(37)41;/h1-36,93,96H;/q;+2. The fourth-order valence-corrected chi connectivity index (χ4v) is 20.3. The molecule has 0 saturated carbocycles. The fraction of sp³-hybridized carbons (Fsp3) is 0. The van der Waals surface area contributed by atoms with Gasteiger partial charge in [-0.05, 0) is 279 Å². The van der Waals surface area contributed by atoms with Crippen LogP contribution in [-0.4, -0.2) is 19.9 Å². The molecule has 0 saturated heterocycles. The van der Waals surface area contributed by atoms with Gasteiger partial charge in [0.25, 0.3) is 0 Å². The third kappa shape index (κ3) is 8.21. The summed E-state index contributed by atoms with van der Waals surface area (Å²) in [6.07, 6.45) is 0. The second-order valence-corrected chi connectivity index (χ2v) is 31.6. The molecule has 19 aromatic rings. The largest absolute Gasteiger partial charge is 2.00 e. The van der Waals surface area contributed by atoms with Crippen molar-refractivity contribution in [3.63, 3.8) is 0 Å². The molecule has 13 heteroatoms. The molecule has 21 rings (SSSR count). The number of hydrogen-bond donors (Lipinski definition) is 2. The summed E-state index contributed by atoms with van der Waals surface area (Å²) in [6, 6.07) is 80.8. The van der Waals surface area contributed by atoms with E-state index in [0.717, 1.165) is 168 Å².